The Kier molecular flexibility index (Phi) is 5.55. The lowest BCUT2D eigenvalue weighted by Crippen LogP contribution is -2.23. The van der Waals surface area contributed by atoms with Crippen LogP contribution in [-0.4, -0.2) is 36.9 Å². The van der Waals surface area contributed by atoms with Crippen LogP contribution >= 0.6 is 0 Å². The Morgan fingerprint density at radius 2 is 2.11 bits per heavy atom. The van der Waals surface area contributed by atoms with E-state index in [4.69, 9.17) is 0 Å². The van der Waals surface area contributed by atoms with Crippen molar-refractivity contribution in [2.45, 2.75) is 26.7 Å². The van der Waals surface area contributed by atoms with E-state index >= 15 is 0 Å². The molecule has 0 aliphatic heterocycles. The van der Waals surface area contributed by atoms with Crippen LogP contribution in [-0.2, 0) is 16.0 Å². The lowest BCUT2D eigenvalue weighted by atomic mass is 10.1. The SMILES string of the molecule is COC(=O)CCN(C)c1ccc(CC(C)C)nn1. The molecule has 0 radical (unpaired) electrons. The minimum absolute atomic E-state index is 0.216. The van der Waals surface area contributed by atoms with E-state index in [1.807, 2.05) is 24.1 Å². The van der Waals surface area contributed by atoms with Crippen molar-refractivity contribution < 1.29 is 9.53 Å². The Balaban J connectivity index is 2.53. The van der Waals surface area contributed by atoms with Gasteiger partial charge in [0.05, 0.1) is 19.2 Å². The zero-order chi connectivity index (χ0) is 13.5. The summed E-state index contributed by atoms with van der Waals surface area (Å²) in [7, 11) is 3.28. The number of rotatable bonds is 6. The van der Waals surface area contributed by atoms with Crippen molar-refractivity contribution in [2.75, 3.05) is 25.6 Å². The molecule has 0 N–H and O–H groups in total. The molecule has 100 valence electrons. The minimum Gasteiger partial charge on any atom is -0.469 e. The van der Waals surface area contributed by atoms with Gasteiger partial charge in [-0.3, -0.25) is 4.79 Å². The van der Waals surface area contributed by atoms with E-state index in [-0.39, 0.29) is 5.97 Å². The third kappa shape index (κ3) is 4.69. The number of carbonyl (C=O) groups excluding carboxylic acids is 1. The van der Waals surface area contributed by atoms with Gasteiger partial charge in [-0.2, -0.15) is 5.10 Å². The predicted octanol–water partition coefficient (Wildman–Crippen LogP) is 1.67. The topological polar surface area (TPSA) is 55.3 Å². The van der Waals surface area contributed by atoms with E-state index in [2.05, 4.69) is 28.8 Å². The van der Waals surface area contributed by atoms with Crippen LogP contribution in [0.4, 0.5) is 5.82 Å². The van der Waals surface area contributed by atoms with Gasteiger partial charge in [0.25, 0.3) is 0 Å². The summed E-state index contributed by atoms with van der Waals surface area (Å²) in [5, 5.41) is 8.34. The highest BCUT2D eigenvalue weighted by molar-refractivity contribution is 5.69. The molecule has 1 aromatic heterocycles. The van der Waals surface area contributed by atoms with E-state index in [9.17, 15) is 4.79 Å². The van der Waals surface area contributed by atoms with Gasteiger partial charge in [0, 0.05) is 13.6 Å². The van der Waals surface area contributed by atoms with E-state index in [0.717, 1.165) is 17.9 Å². The van der Waals surface area contributed by atoms with Crippen LogP contribution in [0, 0.1) is 5.92 Å². The molecule has 5 nitrogen and oxygen atoms in total. The lowest BCUT2D eigenvalue weighted by Gasteiger charge is -2.16. The lowest BCUT2D eigenvalue weighted by molar-refractivity contribution is -0.140. The molecule has 1 heterocycles. The van der Waals surface area contributed by atoms with Gasteiger partial charge >= 0.3 is 5.97 Å². The van der Waals surface area contributed by atoms with Crippen LogP contribution in [0.1, 0.15) is 26.0 Å². The minimum atomic E-state index is -0.216. The largest absolute Gasteiger partial charge is 0.469 e. The summed E-state index contributed by atoms with van der Waals surface area (Å²) >= 11 is 0. The maximum Gasteiger partial charge on any atom is 0.307 e. The summed E-state index contributed by atoms with van der Waals surface area (Å²) in [4.78, 5) is 12.9. The van der Waals surface area contributed by atoms with Gasteiger partial charge in [-0.1, -0.05) is 13.8 Å². The van der Waals surface area contributed by atoms with Crippen LogP contribution < -0.4 is 4.90 Å². The van der Waals surface area contributed by atoms with Crippen molar-refractivity contribution in [1.29, 1.82) is 0 Å². The number of methoxy groups -OCH3 is 1. The molecule has 5 heteroatoms. The molecule has 0 spiro atoms. The van der Waals surface area contributed by atoms with Crippen molar-refractivity contribution in [3.8, 4) is 0 Å². The Labute approximate surface area is 108 Å². The van der Waals surface area contributed by atoms with Gasteiger partial charge in [-0.05, 0) is 24.5 Å². The van der Waals surface area contributed by atoms with Crippen LogP contribution in [0.5, 0.6) is 0 Å². The molecule has 0 bridgehead atoms. The molecular formula is C13H21N3O2. The van der Waals surface area contributed by atoms with E-state index < -0.39 is 0 Å². The molecule has 0 aliphatic carbocycles. The standard InChI is InChI=1S/C13H21N3O2/c1-10(2)9-11-5-6-12(15-14-11)16(3)8-7-13(17)18-4/h5-6,10H,7-9H2,1-4H3. The first-order valence-corrected chi connectivity index (χ1v) is 6.13. The zero-order valence-corrected chi connectivity index (χ0v) is 11.5. The number of hydrogen-bond donors (Lipinski definition) is 0. The van der Waals surface area contributed by atoms with Gasteiger partial charge in [0.2, 0.25) is 0 Å². The summed E-state index contributed by atoms with van der Waals surface area (Å²) in [6.07, 6.45) is 1.28. The highest BCUT2D eigenvalue weighted by Crippen LogP contribution is 2.10. The van der Waals surface area contributed by atoms with Gasteiger partial charge in [-0.15, -0.1) is 5.10 Å². The summed E-state index contributed by atoms with van der Waals surface area (Å²) in [6, 6.07) is 3.92. The predicted molar refractivity (Wildman–Crippen MR) is 70.5 cm³/mol. The summed E-state index contributed by atoms with van der Waals surface area (Å²) in [6.45, 7) is 4.88. The fourth-order valence-corrected chi connectivity index (χ4v) is 1.56. The van der Waals surface area contributed by atoms with E-state index in [1.54, 1.807) is 0 Å². The Hall–Kier alpha value is -1.65. The molecule has 1 rings (SSSR count). The first-order chi connectivity index (χ1) is 8.52. The van der Waals surface area contributed by atoms with Crippen molar-refractivity contribution in [1.82, 2.24) is 10.2 Å². The van der Waals surface area contributed by atoms with Gasteiger partial charge in [-0.25, -0.2) is 0 Å². The summed E-state index contributed by atoms with van der Waals surface area (Å²) in [5.41, 5.74) is 0.995. The van der Waals surface area contributed by atoms with E-state index in [1.165, 1.54) is 7.11 Å². The number of anilines is 1. The molecular weight excluding hydrogens is 230 g/mol. The summed E-state index contributed by atoms with van der Waals surface area (Å²) in [5.74, 6) is 1.12. The fourth-order valence-electron chi connectivity index (χ4n) is 1.56. The molecule has 0 unspecified atom stereocenters. The first kappa shape index (κ1) is 14.4. The second kappa shape index (κ2) is 6.93. The molecule has 0 saturated heterocycles. The number of carbonyl (C=O) groups is 1. The summed E-state index contributed by atoms with van der Waals surface area (Å²) < 4.78 is 4.60. The van der Waals surface area contributed by atoms with Crippen LogP contribution in [0.2, 0.25) is 0 Å². The number of nitrogens with zero attached hydrogens (tertiary/aromatic N) is 3. The van der Waals surface area contributed by atoms with Gasteiger partial charge in [0.15, 0.2) is 5.82 Å². The number of hydrogen-bond acceptors (Lipinski definition) is 5. The third-order valence-electron chi connectivity index (χ3n) is 2.59. The molecule has 0 aliphatic rings. The van der Waals surface area contributed by atoms with Crippen LogP contribution in [0.15, 0.2) is 12.1 Å². The fraction of sp³-hybridized carbons (Fsp3) is 0.615. The quantitative estimate of drug-likeness (QED) is 0.720. The molecule has 1 aromatic rings. The Bertz CT molecular complexity index is 376. The average Bonchev–Trinajstić information content (AvgIpc) is 2.35. The second-order valence-corrected chi connectivity index (χ2v) is 4.73. The third-order valence-corrected chi connectivity index (χ3v) is 2.59. The molecule has 0 fully saturated rings. The van der Waals surface area contributed by atoms with Crippen LogP contribution in [0.3, 0.4) is 0 Å². The highest BCUT2D eigenvalue weighted by Gasteiger charge is 2.07. The van der Waals surface area contributed by atoms with Crippen LogP contribution in [0.25, 0.3) is 0 Å². The van der Waals surface area contributed by atoms with Crippen molar-refractivity contribution in [3.63, 3.8) is 0 Å². The van der Waals surface area contributed by atoms with Gasteiger partial charge < -0.3 is 9.64 Å². The van der Waals surface area contributed by atoms with Gasteiger partial charge in [0.1, 0.15) is 0 Å². The number of aromatic nitrogens is 2. The second-order valence-electron chi connectivity index (χ2n) is 4.73. The normalized spacial score (nSPS) is 10.5. The average molecular weight is 251 g/mol. The maximum atomic E-state index is 11.0. The molecule has 0 aromatic carbocycles. The first-order valence-electron chi connectivity index (χ1n) is 6.13. The molecule has 0 atom stereocenters. The van der Waals surface area contributed by atoms with Crippen molar-refractivity contribution in [3.05, 3.63) is 17.8 Å². The zero-order valence-electron chi connectivity index (χ0n) is 11.5. The Morgan fingerprint density at radius 1 is 1.39 bits per heavy atom. The number of ether oxygens (including phenoxy) is 1. The van der Waals surface area contributed by atoms with Crippen molar-refractivity contribution >= 4 is 11.8 Å². The Morgan fingerprint density at radius 3 is 2.61 bits per heavy atom. The molecule has 18 heavy (non-hydrogen) atoms. The van der Waals surface area contributed by atoms with Crippen molar-refractivity contribution in [2.24, 2.45) is 5.92 Å². The van der Waals surface area contributed by atoms with E-state index in [0.29, 0.717) is 18.9 Å². The molecule has 0 amide bonds. The highest BCUT2D eigenvalue weighted by atomic mass is 16.5. The number of esters is 1. The molecule has 0 saturated carbocycles. The maximum absolute atomic E-state index is 11.0. The smallest absolute Gasteiger partial charge is 0.307 e. The monoisotopic (exact) mass is 251 g/mol.